The summed E-state index contributed by atoms with van der Waals surface area (Å²) < 4.78 is 5.07. The Bertz CT molecular complexity index is 793. The van der Waals surface area contributed by atoms with Gasteiger partial charge in [-0.25, -0.2) is 4.98 Å². The molecule has 2 N–H and O–H groups in total. The Morgan fingerprint density at radius 1 is 1.31 bits per heavy atom. The summed E-state index contributed by atoms with van der Waals surface area (Å²) in [6.45, 7) is 6.69. The van der Waals surface area contributed by atoms with Crippen molar-refractivity contribution in [3.8, 4) is 0 Å². The number of aryl methyl sites for hydroxylation is 1. The van der Waals surface area contributed by atoms with Crippen LogP contribution in [-0.2, 0) is 9.53 Å². The van der Waals surface area contributed by atoms with Crippen LogP contribution in [0.5, 0.6) is 0 Å². The summed E-state index contributed by atoms with van der Waals surface area (Å²) >= 11 is 0. The highest BCUT2D eigenvalue weighted by atomic mass is 16.5. The predicted octanol–water partition coefficient (Wildman–Crippen LogP) is 2.25. The molecule has 1 atom stereocenters. The van der Waals surface area contributed by atoms with Crippen molar-refractivity contribution < 1.29 is 9.53 Å². The average molecular weight is 399 g/mol. The first-order valence-electron chi connectivity index (χ1n) is 10.1. The number of rotatable bonds is 8. The summed E-state index contributed by atoms with van der Waals surface area (Å²) in [5.41, 5.74) is 3.04. The Hall–Kier alpha value is -2.58. The predicted molar refractivity (Wildman–Crippen MR) is 112 cm³/mol. The van der Waals surface area contributed by atoms with E-state index in [1.165, 1.54) is 0 Å². The van der Waals surface area contributed by atoms with Gasteiger partial charge in [0.05, 0.1) is 19.3 Å². The normalized spacial score (nSPS) is 16.4. The van der Waals surface area contributed by atoms with Crippen LogP contribution in [0.15, 0.2) is 30.7 Å². The number of carbonyl (C=O) groups is 1. The van der Waals surface area contributed by atoms with E-state index in [1.807, 2.05) is 19.9 Å². The summed E-state index contributed by atoms with van der Waals surface area (Å²) in [6, 6.07) is 4.14. The average Bonchev–Trinajstić information content (AvgIpc) is 2.69. The Labute approximate surface area is 172 Å². The van der Waals surface area contributed by atoms with Gasteiger partial charge in [-0.2, -0.15) is 0 Å². The first-order chi connectivity index (χ1) is 14.0. The van der Waals surface area contributed by atoms with Crippen molar-refractivity contribution in [3.63, 3.8) is 0 Å². The second-order valence-corrected chi connectivity index (χ2v) is 7.61. The molecule has 1 saturated heterocycles. The lowest BCUT2D eigenvalue weighted by molar-refractivity contribution is -0.123. The Morgan fingerprint density at radius 3 is 2.79 bits per heavy atom. The highest BCUT2D eigenvalue weighted by molar-refractivity contribution is 5.78. The molecule has 1 unspecified atom stereocenters. The van der Waals surface area contributed by atoms with Gasteiger partial charge < -0.3 is 15.4 Å². The molecule has 8 nitrogen and oxygen atoms in total. The Morgan fingerprint density at radius 2 is 2.10 bits per heavy atom. The summed E-state index contributed by atoms with van der Waals surface area (Å²) in [5.74, 6) is 1.16. The summed E-state index contributed by atoms with van der Waals surface area (Å²) in [5, 5.41) is 6.27. The van der Waals surface area contributed by atoms with Gasteiger partial charge in [-0.15, -0.1) is 0 Å². The molecule has 29 heavy (non-hydrogen) atoms. The van der Waals surface area contributed by atoms with Crippen molar-refractivity contribution in [2.24, 2.45) is 0 Å². The molecule has 1 amide bonds. The molecule has 156 valence electrons. The van der Waals surface area contributed by atoms with Crippen molar-refractivity contribution >= 4 is 17.4 Å². The van der Waals surface area contributed by atoms with E-state index in [-0.39, 0.29) is 11.9 Å². The summed E-state index contributed by atoms with van der Waals surface area (Å²) in [4.78, 5) is 27.5. The van der Waals surface area contributed by atoms with Crippen LogP contribution in [-0.4, -0.2) is 65.2 Å². The maximum absolute atomic E-state index is 12.2. The van der Waals surface area contributed by atoms with Crippen LogP contribution < -0.4 is 10.6 Å². The van der Waals surface area contributed by atoms with Gasteiger partial charge in [-0.1, -0.05) is 0 Å². The standard InChI is InChI=1S/C21H30N6O2/c1-15-10-18(26-20-12-22-6-7-23-20)11-19(24-15)17-4-8-27(9-5-17)13-21(28)25-16(2)14-29-3/h6-7,10-12,16-17H,4-5,8-9,13-14H2,1-3H3,(H,25,28)(H,23,24,26). The minimum Gasteiger partial charge on any atom is -0.383 e. The van der Waals surface area contributed by atoms with E-state index in [2.05, 4.69) is 31.6 Å². The third kappa shape index (κ3) is 6.47. The molecule has 2 aromatic heterocycles. The quantitative estimate of drug-likeness (QED) is 0.704. The molecule has 3 rings (SSSR count). The Balaban J connectivity index is 1.54. The number of likely N-dealkylation sites (tertiary alicyclic amines) is 1. The van der Waals surface area contributed by atoms with Crippen LogP contribution in [0.1, 0.15) is 37.1 Å². The van der Waals surface area contributed by atoms with Gasteiger partial charge in [-0.05, 0) is 51.9 Å². The lowest BCUT2D eigenvalue weighted by atomic mass is 9.92. The van der Waals surface area contributed by atoms with E-state index in [9.17, 15) is 4.79 Å². The second-order valence-electron chi connectivity index (χ2n) is 7.61. The van der Waals surface area contributed by atoms with Gasteiger partial charge in [0.2, 0.25) is 5.91 Å². The largest absolute Gasteiger partial charge is 0.383 e. The number of pyridine rings is 1. The van der Waals surface area contributed by atoms with Crippen molar-refractivity contribution in [2.75, 3.05) is 38.7 Å². The fourth-order valence-corrected chi connectivity index (χ4v) is 3.69. The van der Waals surface area contributed by atoms with Crippen LogP contribution in [0.25, 0.3) is 0 Å². The zero-order valence-corrected chi connectivity index (χ0v) is 17.4. The molecular weight excluding hydrogens is 368 g/mol. The van der Waals surface area contributed by atoms with Crippen LogP contribution in [0.4, 0.5) is 11.5 Å². The SMILES string of the molecule is COCC(C)NC(=O)CN1CCC(c2cc(Nc3cnccn3)cc(C)n2)CC1. The molecule has 0 spiro atoms. The maximum atomic E-state index is 12.2. The van der Waals surface area contributed by atoms with Crippen molar-refractivity contribution in [3.05, 3.63) is 42.1 Å². The molecular formula is C21H30N6O2. The number of carbonyl (C=O) groups excluding carboxylic acids is 1. The van der Waals surface area contributed by atoms with Gasteiger partial charge >= 0.3 is 0 Å². The highest BCUT2D eigenvalue weighted by Crippen LogP contribution is 2.29. The molecule has 2 aromatic rings. The lowest BCUT2D eigenvalue weighted by Crippen LogP contribution is -2.44. The number of nitrogens with zero attached hydrogens (tertiary/aromatic N) is 4. The third-order valence-electron chi connectivity index (χ3n) is 5.01. The molecule has 3 heterocycles. The summed E-state index contributed by atoms with van der Waals surface area (Å²) in [6.07, 6.45) is 7.00. The van der Waals surface area contributed by atoms with E-state index in [0.717, 1.165) is 43.0 Å². The van der Waals surface area contributed by atoms with Crippen LogP contribution >= 0.6 is 0 Å². The first kappa shape index (κ1) is 21.1. The molecule has 1 fully saturated rings. The van der Waals surface area contributed by atoms with Gasteiger partial charge in [0.25, 0.3) is 0 Å². The van der Waals surface area contributed by atoms with Gasteiger partial charge in [0.1, 0.15) is 5.82 Å². The number of aromatic nitrogens is 3. The van der Waals surface area contributed by atoms with Crippen molar-refractivity contribution in [1.82, 2.24) is 25.2 Å². The Kier molecular flexibility index (Phi) is 7.48. The van der Waals surface area contributed by atoms with E-state index < -0.39 is 0 Å². The highest BCUT2D eigenvalue weighted by Gasteiger charge is 2.23. The monoisotopic (exact) mass is 398 g/mol. The maximum Gasteiger partial charge on any atom is 0.234 e. The fourth-order valence-electron chi connectivity index (χ4n) is 3.69. The molecule has 0 aromatic carbocycles. The smallest absolute Gasteiger partial charge is 0.234 e. The molecule has 0 bridgehead atoms. The number of hydrogen-bond donors (Lipinski definition) is 2. The number of hydrogen-bond acceptors (Lipinski definition) is 7. The molecule has 0 radical (unpaired) electrons. The van der Waals surface area contributed by atoms with E-state index >= 15 is 0 Å². The van der Waals surface area contributed by atoms with Gasteiger partial charge in [-0.3, -0.25) is 19.7 Å². The molecule has 1 aliphatic rings. The van der Waals surface area contributed by atoms with Crippen LogP contribution in [0, 0.1) is 6.92 Å². The molecule has 0 saturated carbocycles. The topological polar surface area (TPSA) is 92.3 Å². The fraction of sp³-hybridized carbons (Fsp3) is 0.524. The number of nitrogens with one attached hydrogen (secondary N) is 2. The van der Waals surface area contributed by atoms with Gasteiger partial charge in [0.15, 0.2) is 0 Å². The lowest BCUT2D eigenvalue weighted by Gasteiger charge is -2.31. The number of anilines is 2. The zero-order valence-electron chi connectivity index (χ0n) is 17.4. The van der Waals surface area contributed by atoms with E-state index in [1.54, 1.807) is 25.7 Å². The first-order valence-corrected chi connectivity index (χ1v) is 10.1. The van der Waals surface area contributed by atoms with Crippen LogP contribution in [0.3, 0.4) is 0 Å². The number of ether oxygens (including phenoxy) is 1. The van der Waals surface area contributed by atoms with Crippen molar-refractivity contribution in [1.29, 1.82) is 0 Å². The molecule has 8 heteroatoms. The van der Waals surface area contributed by atoms with Gasteiger partial charge in [0, 0.05) is 48.5 Å². The minimum absolute atomic E-state index is 0.0294. The minimum atomic E-state index is 0.0294. The van der Waals surface area contributed by atoms with Crippen LogP contribution in [0.2, 0.25) is 0 Å². The number of methoxy groups -OCH3 is 1. The number of piperidine rings is 1. The van der Waals surface area contributed by atoms with Crippen molar-refractivity contribution in [2.45, 2.75) is 38.6 Å². The number of amides is 1. The second kappa shape index (κ2) is 10.3. The van der Waals surface area contributed by atoms with E-state index in [4.69, 9.17) is 9.72 Å². The zero-order chi connectivity index (χ0) is 20.6. The third-order valence-corrected chi connectivity index (χ3v) is 5.01. The summed E-state index contributed by atoms with van der Waals surface area (Å²) in [7, 11) is 1.64. The molecule has 0 aliphatic carbocycles. The molecule has 1 aliphatic heterocycles. The van der Waals surface area contributed by atoms with E-state index in [0.29, 0.717) is 24.9 Å².